The third-order valence-corrected chi connectivity index (χ3v) is 2.72. The first-order chi connectivity index (χ1) is 9.36. The van der Waals surface area contributed by atoms with Crippen LogP contribution in [0.5, 0.6) is 11.6 Å². The van der Waals surface area contributed by atoms with Crippen molar-refractivity contribution in [2.45, 2.75) is 6.54 Å². The van der Waals surface area contributed by atoms with Crippen LogP contribution >= 0.6 is 0 Å². The highest BCUT2D eigenvalue weighted by Gasteiger charge is 2.06. The summed E-state index contributed by atoms with van der Waals surface area (Å²) >= 11 is 0. The normalized spacial score (nSPS) is 10.6. The minimum atomic E-state index is 0.287. The maximum atomic E-state index is 5.71. The van der Waals surface area contributed by atoms with Gasteiger partial charge in [0.2, 0.25) is 5.88 Å². The zero-order valence-corrected chi connectivity index (χ0v) is 10.2. The summed E-state index contributed by atoms with van der Waals surface area (Å²) in [5.41, 5.74) is 7.10. The van der Waals surface area contributed by atoms with Crippen LogP contribution in [-0.2, 0) is 6.54 Å². The monoisotopic (exact) mass is 252 g/mol. The summed E-state index contributed by atoms with van der Waals surface area (Å²) < 4.78 is 5.71. The van der Waals surface area contributed by atoms with Gasteiger partial charge in [-0.1, -0.05) is 6.07 Å². The third kappa shape index (κ3) is 2.36. The molecule has 2 aromatic heterocycles. The molecule has 0 fully saturated rings. The van der Waals surface area contributed by atoms with E-state index in [0.717, 1.165) is 10.9 Å². The molecule has 94 valence electrons. The Morgan fingerprint density at radius 2 is 1.89 bits per heavy atom. The van der Waals surface area contributed by atoms with Gasteiger partial charge < -0.3 is 10.5 Å². The summed E-state index contributed by atoms with van der Waals surface area (Å²) in [6.45, 7) is 0.287. The van der Waals surface area contributed by atoms with E-state index in [4.69, 9.17) is 10.5 Å². The number of pyridine rings is 1. The zero-order valence-electron chi connectivity index (χ0n) is 10.2. The number of fused-ring (bicyclic) bond motifs is 1. The van der Waals surface area contributed by atoms with Crippen molar-refractivity contribution in [1.82, 2.24) is 15.0 Å². The molecular weight excluding hydrogens is 240 g/mol. The number of aromatic nitrogens is 3. The van der Waals surface area contributed by atoms with Gasteiger partial charge in [-0.05, 0) is 18.2 Å². The largest absolute Gasteiger partial charge is 0.437 e. The second kappa shape index (κ2) is 4.99. The van der Waals surface area contributed by atoms with Crippen molar-refractivity contribution >= 4 is 10.9 Å². The fourth-order valence-electron chi connectivity index (χ4n) is 1.80. The molecule has 19 heavy (non-hydrogen) atoms. The molecule has 0 aliphatic carbocycles. The Balaban J connectivity index is 1.96. The van der Waals surface area contributed by atoms with E-state index >= 15 is 0 Å². The molecule has 2 N–H and O–H groups in total. The van der Waals surface area contributed by atoms with E-state index in [9.17, 15) is 0 Å². The number of nitrogens with zero attached hydrogens (tertiary/aromatic N) is 3. The van der Waals surface area contributed by atoms with Gasteiger partial charge in [-0.3, -0.25) is 9.97 Å². The van der Waals surface area contributed by atoms with Crippen molar-refractivity contribution in [1.29, 1.82) is 0 Å². The fraction of sp³-hybridized carbons (Fsp3) is 0.0714. The van der Waals surface area contributed by atoms with Crippen LogP contribution < -0.4 is 10.5 Å². The predicted octanol–water partition coefficient (Wildman–Crippen LogP) is 2.28. The molecule has 5 heteroatoms. The van der Waals surface area contributed by atoms with Crippen LogP contribution in [0, 0.1) is 0 Å². The van der Waals surface area contributed by atoms with Crippen molar-refractivity contribution in [3.8, 4) is 11.6 Å². The van der Waals surface area contributed by atoms with Crippen LogP contribution in [0.15, 0.2) is 48.9 Å². The summed E-state index contributed by atoms with van der Waals surface area (Å²) in [6.07, 6.45) is 4.92. The third-order valence-electron chi connectivity index (χ3n) is 2.72. The van der Waals surface area contributed by atoms with Gasteiger partial charge in [-0.15, -0.1) is 0 Å². The van der Waals surface area contributed by atoms with Gasteiger partial charge in [0.25, 0.3) is 0 Å². The minimum absolute atomic E-state index is 0.287. The van der Waals surface area contributed by atoms with Crippen LogP contribution in [-0.4, -0.2) is 15.0 Å². The Morgan fingerprint density at radius 1 is 1.00 bits per heavy atom. The van der Waals surface area contributed by atoms with Crippen molar-refractivity contribution in [3.05, 3.63) is 54.6 Å². The number of hydrogen-bond donors (Lipinski definition) is 1. The first-order valence-electron chi connectivity index (χ1n) is 5.89. The molecule has 2 heterocycles. The standard InChI is InChI=1S/C14H12N4O/c15-9-13-14(18-7-6-17-13)19-11-4-3-10-2-1-5-16-12(10)8-11/h1-8H,9,15H2. The SMILES string of the molecule is NCc1nccnc1Oc1ccc2cccnc2c1. The molecule has 0 aliphatic heterocycles. The smallest absolute Gasteiger partial charge is 0.242 e. The van der Waals surface area contributed by atoms with Gasteiger partial charge in [0.05, 0.1) is 5.52 Å². The Hall–Kier alpha value is -2.53. The average molecular weight is 252 g/mol. The molecule has 0 saturated heterocycles. The molecule has 0 aliphatic rings. The van der Waals surface area contributed by atoms with Crippen molar-refractivity contribution in [3.63, 3.8) is 0 Å². The number of hydrogen-bond acceptors (Lipinski definition) is 5. The number of rotatable bonds is 3. The first kappa shape index (κ1) is 11.6. The topological polar surface area (TPSA) is 73.9 Å². The van der Waals surface area contributed by atoms with Gasteiger partial charge in [0, 0.05) is 36.6 Å². The summed E-state index contributed by atoms with van der Waals surface area (Å²) in [4.78, 5) is 12.6. The number of ether oxygens (including phenoxy) is 1. The lowest BCUT2D eigenvalue weighted by Crippen LogP contribution is -2.03. The van der Waals surface area contributed by atoms with Crippen LogP contribution in [0.3, 0.4) is 0 Å². The second-order valence-electron chi connectivity index (χ2n) is 3.97. The minimum Gasteiger partial charge on any atom is -0.437 e. The quantitative estimate of drug-likeness (QED) is 0.774. The Kier molecular flexibility index (Phi) is 3.04. The maximum absolute atomic E-state index is 5.71. The van der Waals surface area contributed by atoms with E-state index < -0.39 is 0 Å². The van der Waals surface area contributed by atoms with Crippen LogP contribution in [0.1, 0.15) is 5.69 Å². The summed E-state index contributed by atoms with van der Waals surface area (Å²) in [7, 11) is 0. The number of benzene rings is 1. The van der Waals surface area contributed by atoms with E-state index in [0.29, 0.717) is 17.3 Å². The molecule has 0 bridgehead atoms. The summed E-state index contributed by atoms with van der Waals surface area (Å²) in [5, 5.41) is 1.06. The molecule has 0 amide bonds. The van der Waals surface area contributed by atoms with Crippen LogP contribution in [0.2, 0.25) is 0 Å². The molecule has 3 aromatic rings. The van der Waals surface area contributed by atoms with Crippen LogP contribution in [0.25, 0.3) is 10.9 Å². The second-order valence-corrected chi connectivity index (χ2v) is 3.97. The lowest BCUT2D eigenvalue weighted by Gasteiger charge is -2.08. The van der Waals surface area contributed by atoms with E-state index in [1.807, 2.05) is 30.3 Å². The summed E-state index contributed by atoms with van der Waals surface area (Å²) in [6, 6.07) is 9.59. The lowest BCUT2D eigenvalue weighted by atomic mass is 10.2. The van der Waals surface area contributed by atoms with Gasteiger partial charge in [-0.2, -0.15) is 0 Å². The molecule has 0 radical (unpaired) electrons. The average Bonchev–Trinajstić information content (AvgIpc) is 2.48. The molecule has 0 unspecified atom stereocenters. The van der Waals surface area contributed by atoms with Crippen LogP contribution in [0.4, 0.5) is 0 Å². The van der Waals surface area contributed by atoms with E-state index in [1.165, 1.54) is 0 Å². The van der Waals surface area contributed by atoms with E-state index in [2.05, 4.69) is 15.0 Å². The first-order valence-corrected chi connectivity index (χ1v) is 5.89. The molecule has 5 nitrogen and oxygen atoms in total. The van der Waals surface area contributed by atoms with Crippen molar-refractivity contribution in [2.75, 3.05) is 0 Å². The molecule has 3 rings (SSSR count). The molecule has 0 spiro atoms. The zero-order chi connectivity index (χ0) is 13.1. The van der Waals surface area contributed by atoms with Gasteiger partial charge in [-0.25, -0.2) is 4.98 Å². The van der Waals surface area contributed by atoms with Gasteiger partial charge in [0.15, 0.2) is 0 Å². The summed E-state index contributed by atoms with van der Waals surface area (Å²) in [5.74, 6) is 1.10. The molecule has 0 atom stereocenters. The highest BCUT2D eigenvalue weighted by atomic mass is 16.5. The van der Waals surface area contributed by atoms with Crippen molar-refractivity contribution < 1.29 is 4.74 Å². The Labute approximate surface area is 110 Å². The fourth-order valence-corrected chi connectivity index (χ4v) is 1.80. The van der Waals surface area contributed by atoms with Gasteiger partial charge in [0.1, 0.15) is 11.4 Å². The van der Waals surface area contributed by atoms with E-state index in [1.54, 1.807) is 18.6 Å². The number of nitrogens with two attached hydrogens (primary N) is 1. The Morgan fingerprint density at radius 3 is 2.79 bits per heavy atom. The Bertz CT molecular complexity index is 714. The highest BCUT2D eigenvalue weighted by Crippen LogP contribution is 2.24. The predicted molar refractivity (Wildman–Crippen MR) is 71.7 cm³/mol. The highest BCUT2D eigenvalue weighted by molar-refractivity contribution is 5.79. The lowest BCUT2D eigenvalue weighted by molar-refractivity contribution is 0.452. The molecule has 0 saturated carbocycles. The van der Waals surface area contributed by atoms with Gasteiger partial charge >= 0.3 is 0 Å². The van der Waals surface area contributed by atoms with E-state index in [-0.39, 0.29) is 6.54 Å². The molecular formula is C14H12N4O. The maximum Gasteiger partial charge on any atom is 0.242 e. The van der Waals surface area contributed by atoms with Crippen molar-refractivity contribution in [2.24, 2.45) is 5.73 Å². The molecule has 1 aromatic carbocycles.